The number of hydrogen-bond donors (Lipinski definition) is 0. The van der Waals surface area contributed by atoms with Crippen molar-refractivity contribution in [1.82, 2.24) is 0 Å². The number of nitrogens with zero attached hydrogens (tertiary/aromatic N) is 1. The summed E-state index contributed by atoms with van der Waals surface area (Å²) < 4.78 is 5.67. The highest BCUT2D eigenvalue weighted by molar-refractivity contribution is 9.09. The third-order valence-corrected chi connectivity index (χ3v) is 3.05. The molecule has 0 unspecified atom stereocenters. The van der Waals surface area contributed by atoms with Gasteiger partial charge in [-0.3, -0.25) is 0 Å². The zero-order valence-electron chi connectivity index (χ0n) is 10.1. The standard InChI is InChI=1S/C13H20BrNO/c1-3-15(4-2)12-7-5-8-13(11-12)16-10-6-9-14/h5,7-8,11H,3-4,6,9-10H2,1-2H3. The van der Waals surface area contributed by atoms with Gasteiger partial charge in [0.05, 0.1) is 6.61 Å². The van der Waals surface area contributed by atoms with Crippen LogP contribution >= 0.6 is 15.9 Å². The third kappa shape index (κ3) is 4.05. The van der Waals surface area contributed by atoms with Gasteiger partial charge in [0.15, 0.2) is 0 Å². The van der Waals surface area contributed by atoms with Crippen molar-refractivity contribution in [3.8, 4) is 5.75 Å². The molecule has 90 valence electrons. The molecule has 0 heterocycles. The zero-order chi connectivity index (χ0) is 11.8. The summed E-state index contributed by atoms with van der Waals surface area (Å²) in [5, 5.41) is 0.989. The van der Waals surface area contributed by atoms with Crippen LogP contribution in [0.5, 0.6) is 5.75 Å². The highest BCUT2D eigenvalue weighted by atomic mass is 79.9. The van der Waals surface area contributed by atoms with E-state index >= 15 is 0 Å². The van der Waals surface area contributed by atoms with Crippen LogP contribution in [0.4, 0.5) is 5.69 Å². The van der Waals surface area contributed by atoms with E-state index in [9.17, 15) is 0 Å². The fourth-order valence-corrected chi connectivity index (χ4v) is 1.83. The number of ether oxygens (including phenoxy) is 1. The van der Waals surface area contributed by atoms with Crippen LogP contribution in [0, 0.1) is 0 Å². The Bertz CT molecular complexity index is 300. The minimum Gasteiger partial charge on any atom is -0.493 e. The Morgan fingerprint density at radius 1 is 1.25 bits per heavy atom. The minimum atomic E-state index is 0.771. The normalized spacial score (nSPS) is 10.2. The van der Waals surface area contributed by atoms with E-state index in [4.69, 9.17) is 4.74 Å². The quantitative estimate of drug-likeness (QED) is 0.560. The molecule has 0 aromatic heterocycles. The first-order valence-corrected chi connectivity index (χ1v) is 6.97. The molecule has 0 spiro atoms. The van der Waals surface area contributed by atoms with Crippen LogP contribution in [0.3, 0.4) is 0 Å². The van der Waals surface area contributed by atoms with Gasteiger partial charge in [-0.2, -0.15) is 0 Å². The minimum absolute atomic E-state index is 0.771. The summed E-state index contributed by atoms with van der Waals surface area (Å²) in [6.07, 6.45) is 1.04. The molecule has 0 amide bonds. The number of anilines is 1. The van der Waals surface area contributed by atoms with Gasteiger partial charge in [0.25, 0.3) is 0 Å². The molecule has 16 heavy (non-hydrogen) atoms. The van der Waals surface area contributed by atoms with Crippen LogP contribution in [-0.2, 0) is 0 Å². The van der Waals surface area contributed by atoms with Crippen molar-refractivity contribution in [2.45, 2.75) is 20.3 Å². The molecule has 0 saturated heterocycles. The molecule has 0 aliphatic carbocycles. The van der Waals surface area contributed by atoms with E-state index in [1.807, 2.05) is 6.07 Å². The summed E-state index contributed by atoms with van der Waals surface area (Å²) in [4.78, 5) is 2.32. The van der Waals surface area contributed by atoms with Gasteiger partial charge in [-0.05, 0) is 32.4 Å². The van der Waals surface area contributed by atoms with Gasteiger partial charge in [-0.1, -0.05) is 22.0 Å². The lowest BCUT2D eigenvalue weighted by Crippen LogP contribution is -2.21. The van der Waals surface area contributed by atoms with Crippen LogP contribution in [0.2, 0.25) is 0 Å². The summed E-state index contributed by atoms with van der Waals surface area (Å²) in [6, 6.07) is 8.31. The van der Waals surface area contributed by atoms with Crippen molar-refractivity contribution in [2.24, 2.45) is 0 Å². The molecule has 1 aromatic rings. The Labute approximate surface area is 107 Å². The number of alkyl halides is 1. The lowest BCUT2D eigenvalue weighted by Gasteiger charge is -2.21. The summed E-state index contributed by atoms with van der Waals surface area (Å²) in [7, 11) is 0. The molecule has 0 fully saturated rings. The highest BCUT2D eigenvalue weighted by Gasteiger charge is 2.02. The number of rotatable bonds is 7. The average molecular weight is 286 g/mol. The van der Waals surface area contributed by atoms with E-state index < -0.39 is 0 Å². The van der Waals surface area contributed by atoms with Crippen molar-refractivity contribution in [2.75, 3.05) is 29.9 Å². The Hall–Kier alpha value is -0.700. The number of hydrogen-bond acceptors (Lipinski definition) is 2. The van der Waals surface area contributed by atoms with Crippen LogP contribution in [0.25, 0.3) is 0 Å². The van der Waals surface area contributed by atoms with Crippen molar-refractivity contribution < 1.29 is 4.74 Å². The van der Waals surface area contributed by atoms with Crippen LogP contribution in [-0.4, -0.2) is 25.0 Å². The molecule has 0 bridgehead atoms. The number of halogens is 1. The van der Waals surface area contributed by atoms with E-state index in [1.165, 1.54) is 5.69 Å². The summed E-state index contributed by atoms with van der Waals surface area (Å²) in [5.41, 5.74) is 1.24. The first-order valence-electron chi connectivity index (χ1n) is 5.85. The zero-order valence-corrected chi connectivity index (χ0v) is 11.7. The summed E-state index contributed by atoms with van der Waals surface area (Å²) in [5.74, 6) is 0.963. The van der Waals surface area contributed by atoms with Gasteiger partial charge >= 0.3 is 0 Å². The summed E-state index contributed by atoms with van der Waals surface area (Å²) >= 11 is 3.39. The average Bonchev–Trinajstić information content (AvgIpc) is 2.32. The molecular formula is C13H20BrNO. The Kier molecular flexibility index (Phi) is 6.31. The fraction of sp³-hybridized carbons (Fsp3) is 0.538. The smallest absolute Gasteiger partial charge is 0.121 e. The SMILES string of the molecule is CCN(CC)c1cccc(OCCCBr)c1. The predicted molar refractivity (Wildman–Crippen MR) is 73.9 cm³/mol. The second-order valence-corrected chi connectivity index (χ2v) is 4.35. The second-order valence-electron chi connectivity index (χ2n) is 3.56. The van der Waals surface area contributed by atoms with E-state index in [-0.39, 0.29) is 0 Å². The lowest BCUT2D eigenvalue weighted by atomic mass is 10.2. The van der Waals surface area contributed by atoms with Crippen LogP contribution in [0.1, 0.15) is 20.3 Å². The monoisotopic (exact) mass is 285 g/mol. The predicted octanol–water partition coefficient (Wildman–Crippen LogP) is 3.70. The van der Waals surface area contributed by atoms with Gasteiger partial charge in [0.2, 0.25) is 0 Å². The van der Waals surface area contributed by atoms with Gasteiger partial charge in [0.1, 0.15) is 5.75 Å². The van der Waals surface area contributed by atoms with Crippen molar-refractivity contribution in [1.29, 1.82) is 0 Å². The van der Waals surface area contributed by atoms with Gasteiger partial charge in [-0.15, -0.1) is 0 Å². The topological polar surface area (TPSA) is 12.5 Å². The molecule has 0 aliphatic rings. The summed E-state index contributed by atoms with van der Waals surface area (Å²) in [6.45, 7) is 7.17. The molecule has 1 aromatic carbocycles. The van der Waals surface area contributed by atoms with Crippen LogP contribution in [0.15, 0.2) is 24.3 Å². The maximum absolute atomic E-state index is 5.67. The third-order valence-electron chi connectivity index (χ3n) is 2.49. The van der Waals surface area contributed by atoms with E-state index in [1.54, 1.807) is 0 Å². The molecule has 0 radical (unpaired) electrons. The molecule has 0 atom stereocenters. The van der Waals surface area contributed by atoms with Crippen molar-refractivity contribution in [3.63, 3.8) is 0 Å². The number of benzene rings is 1. The second kappa shape index (κ2) is 7.55. The first-order chi connectivity index (χ1) is 7.81. The molecule has 2 nitrogen and oxygen atoms in total. The molecule has 3 heteroatoms. The van der Waals surface area contributed by atoms with E-state index in [0.717, 1.165) is 37.2 Å². The Morgan fingerprint density at radius 2 is 2.00 bits per heavy atom. The largest absolute Gasteiger partial charge is 0.493 e. The van der Waals surface area contributed by atoms with E-state index in [2.05, 4.69) is 52.9 Å². The fourth-order valence-electron chi connectivity index (χ4n) is 1.60. The van der Waals surface area contributed by atoms with Gasteiger partial charge < -0.3 is 9.64 Å². The Balaban J connectivity index is 2.62. The Morgan fingerprint density at radius 3 is 2.62 bits per heavy atom. The van der Waals surface area contributed by atoms with Crippen molar-refractivity contribution >= 4 is 21.6 Å². The van der Waals surface area contributed by atoms with Gasteiger partial charge in [-0.25, -0.2) is 0 Å². The lowest BCUT2D eigenvalue weighted by molar-refractivity contribution is 0.319. The maximum atomic E-state index is 5.67. The molecular weight excluding hydrogens is 266 g/mol. The van der Waals surface area contributed by atoms with E-state index in [0.29, 0.717) is 0 Å². The molecule has 1 rings (SSSR count). The molecule has 0 aliphatic heterocycles. The molecule has 0 N–H and O–H groups in total. The first kappa shape index (κ1) is 13.4. The van der Waals surface area contributed by atoms with Crippen molar-refractivity contribution in [3.05, 3.63) is 24.3 Å². The van der Waals surface area contributed by atoms with Gasteiger partial charge in [0, 0.05) is 30.2 Å². The maximum Gasteiger partial charge on any atom is 0.121 e. The highest BCUT2D eigenvalue weighted by Crippen LogP contribution is 2.21. The van der Waals surface area contributed by atoms with Crippen LogP contribution < -0.4 is 9.64 Å². The molecule has 0 saturated carbocycles.